The van der Waals surface area contributed by atoms with E-state index in [1.807, 2.05) is 267 Å². The number of H-pyrrole nitrogens is 4. The van der Waals surface area contributed by atoms with E-state index < -0.39 is 41.0 Å². The summed E-state index contributed by atoms with van der Waals surface area (Å²) in [5, 5.41) is 46.2. The summed E-state index contributed by atoms with van der Waals surface area (Å²) in [5.74, 6) is 3.07. The Bertz CT molecular complexity index is 4580. The van der Waals surface area contributed by atoms with Crippen LogP contribution in [0.1, 0.15) is 0 Å². The predicted octanol–water partition coefficient (Wildman–Crippen LogP) is -6.56. The summed E-state index contributed by atoms with van der Waals surface area (Å²) in [4.78, 5) is 18.4. The Hall–Kier alpha value is -11.3. The van der Waals surface area contributed by atoms with Crippen LogP contribution in [0, 0.1) is 41.0 Å². The van der Waals surface area contributed by atoms with Crippen molar-refractivity contribution in [2.24, 2.45) is 0 Å². The number of nitrogens with zero attached hydrogens (tertiary/aromatic N) is 16. The number of hydrogen-bond acceptors (Lipinski definition) is 28. The van der Waals surface area contributed by atoms with Gasteiger partial charge in [0.25, 0.3) is 0 Å². The molecule has 0 aliphatic rings. The van der Waals surface area contributed by atoms with Gasteiger partial charge in [-0.2, -0.15) is 40.8 Å². The Kier molecular flexibility index (Phi) is 34.0. The molecule has 4 aromatic carbocycles. The molecular weight excluding hydrogens is 1620 g/mol. The van der Waals surface area contributed by atoms with Crippen molar-refractivity contribution in [2.75, 3.05) is 0 Å². The van der Waals surface area contributed by atoms with Gasteiger partial charge in [0.1, 0.15) is 22.8 Å². The summed E-state index contributed by atoms with van der Waals surface area (Å²) in [6.45, 7) is 0. The van der Waals surface area contributed by atoms with Gasteiger partial charge in [-0.05, 0) is 97.1 Å². The van der Waals surface area contributed by atoms with Gasteiger partial charge in [-0.3, -0.25) is 20.4 Å². The smallest absolute Gasteiger partial charge is 0.412 e. The first-order chi connectivity index (χ1) is 51.6. The Morgan fingerprint density at radius 1 is 0.207 bits per heavy atom. The van der Waals surface area contributed by atoms with Crippen LogP contribution in [0.3, 0.4) is 0 Å². The van der Waals surface area contributed by atoms with Crippen LogP contribution in [0.15, 0.2) is 292 Å². The molecule has 0 atom stereocenters. The zero-order valence-corrected chi connectivity index (χ0v) is 61.4. The maximum Gasteiger partial charge on any atom is 2.00 e. The predicted molar refractivity (Wildman–Crippen MR) is 341 cm³/mol. The Morgan fingerprint density at radius 3 is 0.550 bits per heavy atom. The molecule has 12 heterocycles. The summed E-state index contributed by atoms with van der Waals surface area (Å²) >= 11 is 0. The fourth-order valence-electron chi connectivity index (χ4n) is 9.24. The maximum absolute atomic E-state index is 8.49. The minimum atomic E-state index is -4.94. The normalized spacial score (nSPS) is 10.7. The molecule has 0 saturated heterocycles. The molecule has 0 saturated carbocycles. The molecule has 16 aromatic rings. The molecule has 0 radical (unpaired) electrons. The van der Waals surface area contributed by atoms with Gasteiger partial charge in [0.05, 0.1) is 45.6 Å². The largest absolute Gasteiger partial charge is 2.00 e. The van der Waals surface area contributed by atoms with Gasteiger partial charge < -0.3 is 5.48 Å². The Balaban J connectivity index is 0.000000211. The van der Waals surface area contributed by atoms with E-state index in [4.69, 9.17) is 74.5 Å². The molecule has 37 nitrogen and oxygen atoms in total. The number of rotatable bonds is 12. The minimum absolute atomic E-state index is 0. The molecule has 16 rings (SSSR count). The van der Waals surface area contributed by atoms with Crippen LogP contribution >= 0.6 is 0 Å². The summed E-state index contributed by atoms with van der Waals surface area (Å²) in [6, 6.07) is 79.1. The van der Waals surface area contributed by atoms with Gasteiger partial charge in [0.15, 0.2) is 23.3 Å². The molecule has 6 N–H and O–H groups in total. The van der Waals surface area contributed by atoms with Crippen molar-refractivity contribution in [1.82, 2.24) is 99.8 Å². The third kappa shape index (κ3) is 30.9. The minimum Gasteiger partial charge on any atom is -0.412 e. The van der Waals surface area contributed by atoms with E-state index in [1.165, 1.54) is 0 Å². The van der Waals surface area contributed by atoms with Gasteiger partial charge >= 0.3 is 34.1 Å². The van der Waals surface area contributed by atoms with Crippen LogP contribution in [0.2, 0.25) is 0 Å². The second-order valence-corrected chi connectivity index (χ2v) is 23.9. The standard InChI is InChI=1S/4C17H13N5.4ClHO4.2Fe.H2O/c4*1-2-5-13(6-3-1)14-10-12-22(21-14)17-8-4-7-15(19-17)16-9-11-18-20-16;4*2-1(3,4)5;;;/h4*1-12H,(H,18,20);4*(H,2,3,4,5);;;1H2/q;;;;;;;;2*+2;/p-4. The molecule has 0 bridgehead atoms. The number of nitrogens with one attached hydrogen (secondary N) is 4. The average molecular weight is 1680 g/mol. The van der Waals surface area contributed by atoms with Crippen molar-refractivity contribution >= 4 is 0 Å². The zero-order valence-electron chi connectivity index (χ0n) is 56.1. The second kappa shape index (κ2) is 42.6. The molecular formula is C68H54Cl4Fe2N20O17. The van der Waals surface area contributed by atoms with Gasteiger partial charge in [-0.1, -0.05) is 146 Å². The van der Waals surface area contributed by atoms with Crippen molar-refractivity contribution < 1.29 is 155 Å². The molecule has 0 aliphatic heterocycles. The molecule has 43 heteroatoms. The Labute approximate surface area is 656 Å². The number of benzene rings is 4. The van der Waals surface area contributed by atoms with Crippen molar-refractivity contribution in [3.05, 3.63) is 292 Å². The van der Waals surface area contributed by atoms with E-state index in [0.29, 0.717) is 0 Å². The molecule has 0 aliphatic carbocycles. The average Bonchev–Trinajstić information content (AvgIpc) is 1.74. The van der Waals surface area contributed by atoms with Crippen molar-refractivity contribution in [3.8, 4) is 114 Å². The van der Waals surface area contributed by atoms with Gasteiger partial charge in [0, 0.05) is 71.8 Å². The third-order valence-electron chi connectivity index (χ3n) is 13.6. The van der Waals surface area contributed by atoms with Crippen LogP contribution < -0.4 is 74.5 Å². The molecule has 572 valence electrons. The van der Waals surface area contributed by atoms with Crippen LogP contribution in [-0.2, 0) is 34.1 Å². The number of aromatic nitrogens is 20. The van der Waals surface area contributed by atoms with E-state index in [9.17, 15) is 0 Å². The molecule has 0 amide bonds. The van der Waals surface area contributed by atoms with Gasteiger partial charge in [-0.15, -0.1) is 41.0 Å². The maximum atomic E-state index is 8.49. The zero-order chi connectivity index (χ0) is 77.1. The van der Waals surface area contributed by atoms with Crippen LogP contribution in [0.5, 0.6) is 0 Å². The first kappa shape index (κ1) is 88.6. The molecule has 0 spiro atoms. The molecule has 111 heavy (non-hydrogen) atoms. The van der Waals surface area contributed by atoms with E-state index in [1.54, 1.807) is 43.5 Å². The van der Waals surface area contributed by atoms with E-state index >= 15 is 0 Å². The quantitative estimate of drug-likeness (QED) is 0.0826. The van der Waals surface area contributed by atoms with Crippen molar-refractivity contribution in [3.63, 3.8) is 0 Å². The monoisotopic (exact) mass is 1670 g/mol. The van der Waals surface area contributed by atoms with Crippen molar-refractivity contribution in [2.45, 2.75) is 0 Å². The first-order valence-electron chi connectivity index (χ1n) is 30.4. The summed E-state index contributed by atoms with van der Waals surface area (Å²) < 4.78 is 143. The molecule has 12 aromatic heterocycles. The Morgan fingerprint density at radius 2 is 0.387 bits per heavy atom. The van der Waals surface area contributed by atoms with E-state index in [2.05, 4.69) is 81.1 Å². The number of halogens is 4. The van der Waals surface area contributed by atoms with Crippen LogP contribution in [-0.4, -0.2) is 105 Å². The summed E-state index contributed by atoms with van der Waals surface area (Å²) in [7, 11) is -19.8. The summed E-state index contributed by atoms with van der Waals surface area (Å²) in [6.07, 6.45) is 14.8. The molecule has 0 unspecified atom stereocenters. The SMILES string of the molecule is O.[Fe+2].[Fe+2].[O-][Cl+3]([O-])([O-])[O-].[O-][Cl+3]([O-])([O-])[O-].[O-][Cl+3]([O-])([O-])[O-].[O-][Cl+3]([O-])([O-])[O-].c1ccc(-c2ccn(-c3cccc(-c4cc[nH]n4)n3)n2)cc1.c1ccc(-c2ccn(-c3cccc(-c4cc[nH]n4)n3)n2)cc1.c1ccc(-c2ccn(-c3cccc(-c4cc[nH]n4)n3)n2)cc1.c1ccc(-c2ccn(-c3cccc(-c4cc[nH]n4)n3)n2)cc1. The van der Waals surface area contributed by atoms with Crippen LogP contribution in [0.4, 0.5) is 0 Å². The number of hydrogen-bond donors (Lipinski definition) is 4. The third-order valence-corrected chi connectivity index (χ3v) is 13.6. The topological polar surface area (TPSA) is 638 Å². The van der Waals surface area contributed by atoms with Gasteiger partial charge in [-0.25, -0.2) is 113 Å². The first-order valence-corrected chi connectivity index (χ1v) is 35.4. The molecule has 0 fully saturated rings. The van der Waals surface area contributed by atoms with Crippen molar-refractivity contribution in [1.29, 1.82) is 0 Å². The van der Waals surface area contributed by atoms with E-state index in [-0.39, 0.29) is 39.6 Å². The number of pyridine rings is 4. The summed E-state index contributed by atoms with van der Waals surface area (Å²) in [5.41, 5.74) is 14.6. The van der Waals surface area contributed by atoms with Gasteiger partial charge in [0.2, 0.25) is 0 Å². The van der Waals surface area contributed by atoms with E-state index in [0.717, 1.165) is 114 Å². The fourth-order valence-corrected chi connectivity index (χ4v) is 9.24. The fraction of sp³-hybridized carbons (Fsp3) is 0. The second-order valence-electron chi connectivity index (χ2n) is 20.9. The number of aromatic amines is 4. The van der Waals surface area contributed by atoms with Crippen LogP contribution in [0.25, 0.3) is 114 Å².